The van der Waals surface area contributed by atoms with Crippen molar-refractivity contribution in [3.8, 4) is 0 Å². The van der Waals surface area contributed by atoms with Crippen LogP contribution < -0.4 is 10.6 Å². The fourth-order valence-electron chi connectivity index (χ4n) is 2.13. The zero-order valence-corrected chi connectivity index (χ0v) is 12.4. The molecular formula is C12H17BrN2O2S. The smallest absolute Gasteiger partial charge is 0.315 e. The molecule has 1 aromatic rings. The number of amides is 2. The molecular weight excluding hydrogens is 316 g/mol. The highest BCUT2D eigenvalue weighted by Crippen LogP contribution is 2.28. The third-order valence-corrected chi connectivity index (χ3v) is 4.85. The van der Waals surface area contributed by atoms with Gasteiger partial charge in [-0.1, -0.05) is 12.8 Å². The summed E-state index contributed by atoms with van der Waals surface area (Å²) in [6.45, 7) is 0.855. The van der Waals surface area contributed by atoms with E-state index in [1.54, 1.807) is 11.3 Å². The average Bonchev–Trinajstić information content (AvgIpc) is 2.94. The molecule has 4 nitrogen and oxygen atoms in total. The first-order valence-electron chi connectivity index (χ1n) is 6.04. The molecule has 6 heteroatoms. The fourth-order valence-corrected chi connectivity index (χ4v) is 3.52. The van der Waals surface area contributed by atoms with Crippen molar-refractivity contribution in [3.05, 3.63) is 20.8 Å². The van der Waals surface area contributed by atoms with E-state index in [9.17, 15) is 9.90 Å². The maximum atomic E-state index is 11.6. The Balaban J connectivity index is 1.69. The van der Waals surface area contributed by atoms with Crippen molar-refractivity contribution in [1.82, 2.24) is 10.6 Å². The van der Waals surface area contributed by atoms with Crippen molar-refractivity contribution < 1.29 is 9.90 Å². The van der Waals surface area contributed by atoms with E-state index in [2.05, 4.69) is 26.6 Å². The van der Waals surface area contributed by atoms with E-state index >= 15 is 0 Å². The quantitative estimate of drug-likeness (QED) is 0.793. The molecule has 0 unspecified atom stereocenters. The summed E-state index contributed by atoms with van der Waals surface area (Å²) in [5.41, 5.74) is -0.691. The summed E-state index contributed by atoms with van der Waals surface area (Å²) in [4.78, 5) is 12.7. The molecule has 1 saturated carbocycles. The summed E-state index contributed by atoms with van der Waals surface area (Å²) in [6.07, 6.45) is 3.66. The van der Waals surface area contributed by atoms with Gasteiger partial charge in [-0.3, -0.25) is 0 Å². The molecule has 0 saturated heterocycles. The summed E-state index contributed by atoms with van der Waals surface area (Å²) in [7, 11) is 0. The van der Waals surface area contributed by atoms with Crippen molar-refractivity contribution in [3.63, 3.8) is 0 Å². The fraction of sp³-hybridized carbons (Fsp3) is 0.583. The maximum Gasteiger partial charge on any atom is 0.315 e. The van der Waals surface area contributed by atoms with Crippen molar-refractivity contribution in [2.45, 2.75) is 37.8 Å². The highest BCUT2D eigenvalue weighted by atomic mass is 79.9. The van der Waals surface area contributed by atoms with Gasteiger partial charge in [-0.15, -0.1) is 11.3 Å². The van der Waals surface area contributed by atoms with E-state index < -0.39 is 5.60 Å². The van der Waals surface area contributed by atoms with Crippen LogP contribution in [0.3, 0.4) is 0 Å². The first-order chi connectivity index (χ1) is 8.57. The lowest BCUT2D eigenvalue weighted by molar-refractivity contribution is 0.0501. The Bertz CT molecular complexity index is 416. The summed E-state index contributed by atoms with van der Waals surface area (Å²) < 4.78 is 1.03. The molecule has 1 aromatic heterocycles. The molecule has 0 spiro atoms. The molecule has 0 aromatic carbocycles. The molecule has 1 fully saturated rings. The number of carbonyl (C=O) groups is 1. The van der Waals surface area contributed by atoms with Gasteiger partial charge in [-0.25, -0.2) is 4.79 Å². The van der Waals surface area contributed by atoms with Crippen LogP contribution in [0.4, 0.5) is 4.79 Å². The first-order valence-corrected chi connectivity index (χ1v) is 7.72. The van der Waals surface area contributed by atoms with Crippen molar-refractivity contribution in [1.29, 1.82) is 0 Å². The zero-order chi connectivity index (χ0) is 13.0. The Morgan fingerprint density at radius 3 is 2.78 bits per heavy atom. The number of rotatable bonds is 4. The SMILES string of the molecule is O=C(NCc1cc(Br)cs1)NCC1(O)CCCC1. The molecule has 1 aliphatic rings. The van der Waals surface area contributed by atoms with Crippen LogP contribution in [0.25, 0.3) is 0 Å². The minimum Gasteiger partial charge on any atom is -0.388 e. The minimum atomic E-state index is -0.691. The molecule has 100 valence electrons. The van der Waals surface area contributed by atoms with Crippen molar-refractivity contribution in [2.24, 2.45) is 0 Å². The van der Waals surface area contributed by atoms with Gasteiger partial charge >= 0.3 is 6.03 Å². The summed E-state index contributed by atoms with van der Waals surface area (Å²) >= 11 is 4.97. The van der Waals surface area contributed by atoms with Gasteiger partial charge in [0.2, 0.25) is 0 Å². The van der Waals surface area contributed by atoms with Crippen LogP contribution in [0.1, 0.15) is 30.6 Å². The average molecular weight is 333 g/mol. The zero-order valence-electron chi connectivity index (χ0n) is 10.0. The summed E-state index contributed by atoms with van der Waals surface area (Å²) in [5, 5.41) is 17.6. The van der Waals surface area contributed by atoms with E-state index in [1.807, 2.05) is 11.4 Å². The molecule has 0 bridgehead atoms. The number of carbonyl (C=O) groups excluding carboxylic acids is 1. The number of hydrogen-bond acceptors (Lipinski definition) is 3. The van der Waals surface area contributed by atoms with Crippen LogP contribution in [0.2, 0.25) is 0 Å². The standard InChI is InChI=1S/C12H17BrN2O2S/c13-9-5-10(18-7-9)6-14-11(16)15-8-12(17)3-1-2-4-12/h5,7,17H,1-4,6,8H2,(H2,14,15,16). The molecule has 0 radical (unpaired) electrons. The Kier molecular flexibility index (Phi) is 4.64. The number of aliphatic hydroxyl groups is 1. The Morgan fingerprint density at radius 1 is 1.44 bits per heavy atom. The lowest BCUT2D eigenvalue weighted by Gasteiger charge is -2.22. The molecule has 1 heterocycles. The molecule has 0 aliphatic heterocycles. The summed E-state index contributed by atoms with van der Waals surface area (Å²) in [5.74, 6) is 0. The second-order valence-corrected chi connectivity index (χ2v) is 6.61. The van der Waals surface area contributed by atoms with Gasteiger partial charge in [-0.05, 0) is 34.8 Å². The topological polar surface area (TPSA) is 61.4 Å². The van der Waals surface area contributed by atoms with Gasteiger partial charge in [0.15, 0.2) is 0 Å². The largest absolute Gasteiger partial charge is 0.388 e. The number of thiophene rings is 1. The minimum absolute atomic E-state index is 0.222. The van der Waals surface area contributed by atoms with Crippen LogP contribution in [0.15, 0.2) is 15.9 Å². The predicted molar refractivity (Wildman–Crippen MR) is 75.7 cm³/mol. The molecule has 0 atom stereocenters. The number of hydrogen-bond donors (Lipinski definition) is 3. The molecule has 1 aliphatic carbocycles. The Hall–Kier alpha value is -0.590. The predicted octanol–water partition coefficient (Wildman–Crippen LogP) is 2.61. The summed E-state index contributed by atoms with van der Waals surface area (Å²) in [6, 6.07) is 1.76. The van der Waals surface area contributed by atoms with Crippen LogP contribution in [-0.4, -0.2) is 23.3 Å². The first kappa shape index (κ1) is 13.8. The van der Waals surface area contributed by atoms with E-state index in [0.29, 0.717) is 13.1 Å². The van der Waals surface area contributed by atoms with Gasteiger partial charge in [-0.2, -0.15) is 0 Å². The van der Waals surface area contributed by atoms with E-state index in [1.165, 1.54) is 0 Å². The number of urea groups is 1. The van der Waals surface area contributed by atoms with Gasteiger partial charge in [0.05, 0.1) is 12.1 Å². The third kappa shape index (κ3) is 3.96. The van der Waals surface area contributed by atoms with Crippen LogP contribution >= 0.6 is 27.3 Å². The number of halogens is 1. The lowest BCUT2D eigenvalue weighted by Crippen LogP contribution is -2.44. The van der Waals surface area contributed by atoms with Gasteiger partial charge < -0.3 is 15.7 Å². The second kappa shape index (κ2) is 6.04. The number of nitrogens with one attached hydrogen (secondary N) is 2. The molecule has 2 amide bonds. The third-order valence-electron chi connectivity index (χ3n) is 3.16. The maximum absolute atomic E-state index is 11.6. The van der Waals surface area contributed by atoms with E-state index in [-0.39, 0.29) is 6.03 Å². The molecule has 18 heavy (non-hydrogen) atoms. The van der Waals surface area contributed by atoms with E-state index in [0.717, 1.165) is 35.0 Å². The van der Waals surface area contributed by atoms with Gasteiger partial charge in [0, 0.05) is 21.3 Å². The normalized spacial score (nSPS) is 17.7. The lowest BCUT2D eigenvalue weighted by atomic mass is 10.0. The monoisotopic (exact) mass is 332 g/mol. The molecule has 2 rings (SSSR count). The van der Waals surface area contributed by atoms with Crippen LogP contribution in [0.5, 0.6) is 0 Å². The second-order valence-electron chi connectivity index (χ2n) is 4.70. The van der Waals surface area contributed by atoms with E-state index in [4.69, 9.17) is 0 Å². The Morgan fingerprint density at radius 2 is 2.17 bits per heavy atom. The van der Waals surface area contributed by atoms with Gasteiger partial charge in [0.1, 0.15) is 0 Å². The molecule has 3 N–H and O–H groups in total. The van der Waals surface area contributed by atoms with Crippen molar-refractivity contribution >= 4 is 33.3 Å². The van der Waals surface area contributed by atoms with Gasteiger partial charge in [0.25, 0.3) is 0 Å². The van der Waals surface area contributed by atoms with Crippen LogP contribution in [-0.2, 0) is 6.54 Å². The van der Waals surface area contributed by atoms with Crippen LogP contribution in [0, 0.1) is 0 Å². The highest BCUT2D eigenvalue weighted by molar-refractivity contribution is 9.10. The Labute approximate surface area is 119 Å². The van der Waals surface area contributed by atoms with Crippen molar-refractivity contribution in [2.75, 3.05) is 6.54 Å². The highest BCUT2D eigenvalue weighted by Gasteiger charge is 2.31.